The molecule has 4 rings (SSSR count). The third-order valence-electron chi connectivity index (χ3n) is 5.28. The SMILES string of the molecule is C[C@@H](NC(=O)c1ccccc1NC(=O)Cc1csc(N2CCCC2=O)n1)c1ccccc1. The second kappa shape index (κ2) is 9.74. The zero-order valence-corrected chi connectivity index (χ0v) is 18.5. The highest BCUT2D eigenvalue weighted by atomic mass is 32.1. The number of carbonyl (C=O) groups excluding carboxylic acids is 3. The molecule has 2 aromatic carbocycles. The molecule has 1 aliphatic heterocycles. The van der Waals surface area contributed by atoms with E-state index < -0.39 is 0 Å². The van der Waals surface area contributed by atoms with E-state index in [1.807, 2.05) is 37.3 Å². The lowest BCUT2D eigenvalue weighted by Crippen LogP contribution is -2.28. The van der Waals surface area contributed by atoms with E-state index in [9.17, 15) is 14.4 Å². The number of benzene rings is 2. The van der Waals surface area contributed by atoms with Crippen LogP contribution >= 0.6 is 11.3 Å². The Morgan fingerprint density at radius 3 is 2.62 bits per heavy atom. The first-order chi connectivity index (χ1) is 15.5. The Balaban J connectivity index is 1.40. The number of hydrogen-bond donors (Lipinski definition) is 2. The van der Waals surface area contributed by atoms with Gasteiger partial charge in [0.1, 0.15) is 0 Å². The Labute approximate surface area is 190 Å². The first kappa shape index (κ1) is 21.7. The Bertz CT molecular complexity index is 1130. The van der Waals surface area contributed by atoms with E-state index in [4.69, 9.17) is 0 Å². The molecular formula is C24H24N4O3S. The fraction of sp³-hybridized carbons (Fsp3) is 0.250. The van der Waals surface area contributed by atoms with Crippen LogP contribution in [0.1, 0.15) is 47.4 Å². The van der Waals surface area contributed by atoms with E-state index in [2.05, 4.69) is 15.6 Å². The van der Waals surface area contributed by atoms with Gasteiger partial charge in [-0.25, -0.2) is 4.98 Å². The van der Waals surface area contributed by atoms with Crippen molar-refractivity contribution < 1.29 is 14.4 Å². The highest BCUT2D eigenvalue weighted by Gasteiger charge is 2.24. The summed E-state index contributed by atoms with van der Waals surface area (Å²) in [7, 11) is 0. The zero-order valence-electron chi connectivity index (χ0n) is 17.7. The van der Waals surface area contributed by atoms with Crippen molar-refractivity contribution in [3.63, 3.8) is 0 Å². The molecule has 3 aromatic rings. The van der Waals surface area contributed by atoms with Gasteiger partial charge < -0.3 is 10.6 Å². The predicted octanol–water partition coefficient (Wildman–Crippen LogP) is 3.94. The lowest BCUT2D eigenvalue weighted by molar-refractivity contribution is -0.117. The molecule has 0 aliphatic carbocycles. The average Bonchev–Trinajstić information content (AvgIpc) is 3.43. The molecule has 1 fully saturated rings. The second-order valence-electron chi connectivity index (χ2n) is 7.65. The summed E-state index contributed by atoms with van der Waals surface area (Å²) in [6, 6.07) is 16.4. The van der Waals surface area contributed by atoms with E-state index in [0.29, 0.717) is 35.0 Å². The smallest absolute Gasteiger partial charge is 0.253 e. The summed E-state index contributed by atoms with van der Waals surface area (Å²) in [4.78, 5) is 43.5. The lowest BCUT2D eigenvalue weighted by Gasteiger charge is -2.16. The van der Waals surface area contributed by atoms with Crippen molar-refractivity contribution in [1.82, 2.24) is 10.3 Å². The van der Waals surface area contributed by atoms with Gasteiger partial charge in [-0.3, -0.25) is 19.3 Å². The monoisotopic (exact) mass is 448 g/mol. The minimum atomic E-state index is -0.272. The van der Waals surface area contributed by atoms with Crippen molar-refractivity contribution in [2.45, 2.75) is 32.2 Å². The molecule has 2 heterocycles. The molecular weight excluding hydrogens is 424 g/mol. The Hall–Kier alpha value is -3.52. The Morgan fingerprint density at radius 1 is 1.12 bits per heavy atom. The summed E-state index contributed by atoms with van der Waals surface area (Å²) in [5.41, 5.74) is 2.44. The number of thiazole rings is 1. The van der Waals surface area contributed by atoms with Crippen molar-refractivity contribution >= 4 is 39.9 Å². The summed E-state index contributed by atoms with van der Waals surface area (Å²) in [6.07, 6.45) is 1.43. The molecule has 7 nitrogen and oxygen atoms in total. The standard InChI is InChI=1S/C24H24N4O3S/c1-16(17-8-3-2-4-9-17)25-23(31)19-10-5-6-11-20(19)27-21(29)14-18-15-32-24(26-18)28-13-7-12-22(28)30/h2-6,8-11,15-16H,7,12-14H2,1H3,(H,25,31)(H,27,29)/t16-/m1/s1. The Kier molecular flexibility index (Phi) is 6.61. The van der Waals surface area contributed by atoms with Crippen molar-refractivity contribution in [3.05, 3.63) is 76.8 Å². The molecule has 1 atom stereocenters. The molecule has 32 heavy (non-hydrogen) atoms. The number of para-hydroxylation sites is 1. The van der Waals surface area contributed by atoms with Crippen molar-refractivity contribution in [3.8, 4) is 0 Å². The van der Waals surface area contributed by atoms with Crippen LogP contribution in [0.2, 0.25) is 0 Å². The molecule has 0 unspecified atom stereocenters. The Morgan fingerprint density at radius 2 is 1.88 bits per heavy atom. The van der Waals surface area contributed by atoms with Crippen LogP contribution in [0, 0.1) is 0 Å². The number of nitrogens with one attached hydrogen (secondary N) is 2. The molecule has 164 valence electrons. The van der Waals surface area contributed by atoms with Crippen molar-refractivity contribution in [2.24, 2.45) is 0 Å². The van der Waals surface area contributed by atoms with Crippen molar-refractivity contribution in [1.29, 1.82) is 0 Å². The van der Waals surface area contributed by atoms with Crippen LogP contribution in [0.4, 0.5) is 10.8 Å². The number of anilines is 2. The van der Waals surface area contributed by atoms with Crippen LogP contribution in [0.5, 0.6) is 0 Å². The minimum absolute atomic E-state index is 0.0644. The first-order valence-electron chi connectivity index (χ1n) is 10.5. The molecule has 3 amide bonds. The quantitative estimate of drug-likeness (QED) is 0.573. The molecule has 0 spiro atoms. The largest absolute Gasteiger partial charge is 0.345 e. The summed E-state index contributed by atoms with van der Waals surface area (Å²) in [5.74, 6) is -0.466. The number of rotatable bonds is 7. The van der Waals surface area contributed by atoms with Gasteiger partial charge in [0.25, 0.3) is 5.91 Å². The normalized spacial score (nSPS) is 14.3. The van der Waals surface area contributed by atoms with E-state index in [1.165, 1.54) is 11.3 Å². The van der Waals surface area contributed by atoms with Gasteiger partial charge in [0.15, 0.2) is 5.13 Å². The first-order valence-corrected chi connectivity index (χ1v) is 11.4. The topological polar surface area (TPSA) is 91.4 Å². The van der Waals surface area contributed by atoms with Crippen LogP contribution in [0.3, 0.4) is 0 Å². The van der Waals surface area contributed by atoms with E-state index in [0.717, 1.165) is 12.0 Å². The second-order valence-corrected chi connectivity index (χ2v) is 8.48. The maximum atomic E-state index is 12.9. The lowest BCUT2D eigenvalue weighted by atomic mass is 10.1. The van der Waals surface area contributed by atoms with E-state index in [1.54, 1.807) is 34.5 Å². The maximum absolute atomic E-state index is 12.9. The summed E-state index contributed by atoms with van der Waals surface area (Å²) >= 11 is 1.36. The number of hydrogen-bond acceptors (Lipinski definition) is 5. The summed E-state index contributed by atoms with van der Waals surface area (Å²) in [5, 5.41) is 8.22. The van der Waals surface area contributed by atoms with Gasteiger partial charge in [-0.1, -0.05) is 42.5 Å². The van der Waals surface area contributed by atoms with Crippen LogP contribution in [0.25, 0.3) is 0 Å². The zero-order chi connectivity index (χ0) is 22.5. The fourth-order valence-electron chi connectivity index (χ4n) is 3.60. The molecule has 1 aromatic heterocycles. The molecule has 1 saturated heterocycles. The van der Waals surface area contributed by atoms with Crippen LogP contribution < -0.4 is 15.5 Å². The summed E-state index contributed by atoms with van der Waals surface area (Å²) in [6.45, 7) is 2.58. The molecule has 1 aliphatic rings. The van der Waals surface area contributed by atoms with Gasteiger partial charge in [-0.15, -0.1) is 11.3 Å². The molecule has 0 radical (unpaired) electrons. The van der Waals surface area contributed by atoms with Crippen LogP contribution in [-0.4, -0.2) is 29.3 Å². The van der Waals surface area contributed by atoms with Crippen molar-refractivity contribution in [2.75, 3.05) is 16.8 Å². The number of nitrogens with zero attached hydrogens (tertiary/aromatic N) is 2. The molecule has 2 N–H and O–H groups in total. The van der Waals surface area contributed by atoms with Gasteiger partial charge in [0.2, 0.25) is 11.8 Å². The molecule has 8 heteroatoms. The minimum Gasteiger partial charge on any atom is -0.345 e. The van der Waals surface area contributed by atoms with Gasteiger partial charge >= 0.3 is 0 Å². The maximum Gasteiger partial charge on any atom is 0.253 e. The fourth-order valence-corrected chi connectivity index (χ4v) is 4.47. The third kappa shape index (κ3) is 5.03. The number of amides is 3. The third-order valence-corrected chi connectivity index (χ3v) is 6.19. The van der Waals surface area contributed by atoms with Crippen LogP contribution in [-0.2, 0) is 16.0 Å². The predicted molar refractivity (Wildman–Crippen MR) is 125 cm³/mol. The molecule has 0 saturated carbocycles. The average molecular weight is 449 g/mol. The van der Waals surface area contributed by atoms with E-state index in [-0.39, 0.29) is 30.2 Å². The molecule has 0 bridgehead atoms. The highest BCUT2D eigenvalue weighted by molar-refractivity contribution is 7.14. The van der Waals surface area contributed by atoms with Crippen LogP contribution in [0.15, 0.2) is 60.0 Å². The highest BCUT2D eigenvalue weighted by Crippen LogP contribution is 2.26. The number of aromatic nitrogens is 1. The summed E-state index contributed by atoms with van der Waals surface area (Å²) < 4.78 is 0. The van der Waals surface area contributed by atoms with Gasteiger partial charge in [-0.05, 0) is 31.0 Å². The number of carbonyl (C=O) groups is 3. The van der Waals surface area contributed by atoms with Gasteiger partial charge in [0.05, 0.1) is 29.4 Å². The van der Waals surface area contributed by atoms with E-state index >= 15 is 0 Å². The van der Waals surface area contributed by atoms with Gasteiger partial charge in [0, 0.05) is 18.3 Å². The van der Waals surface area contributed by atoms with Gasteiger partial charge in [-0.2, -0.15) is 0 Å².